The highest BCUT2D eigenvalue weighted by Gasteiger charge is 2.31. The molecule has 0 aromatic carbocycles. The molecular formula is C27H48N6O3S. The second-order valence-corrected chi connectivity index (χ2v) is 11.5. The normalized spacial score (nSPS) is 17.1. The molecule has 210 valence electrons. The summed E-state index contributed by atoms with van der Waals surface area (Å²) >= 11 is 0. The van der Waals surface area contributed by atoms with Crippen molar-refractivity contribution in [3.63, 3.8) is 0 Å². The summed E-state index contributed by atoms with van der Waals surface area (Å²) in [4.78, 5) is 14.5. The molecule has 2 rings (SSSR count). The molecule has 0 aliphatic heterocycles. The third kappa shape index (κ3) is 11.5. The monoisotopic (exact) mass is 536 g/mol. The number of carbonyl (C=O) groups is 1. The van der Waals surface area contributed by atoms with E-state index in [0.29, 0.717) is 37.3 Å². The first kappa shape index (κ1) is 31.2. The van der Waals surface area contributed by atoms with Gasteiger partial charge in [-0.15, -0.1) is 0 Å². The molecule has 0 heterocycles. The van der Waals surface area contributed by atoms with Gasteiger partial charge in [-0.25, -0.2) is 13.1 Å². The molecule has 0 bridgehead atoms. The Morgan fingerprint density at radius 2 is 1.65 bits per heavy atom. The lowest BCUT2D eigenvalue weighted by Crippen LogP contribution is -2.31. The van der Waals surface area contributed by atoms with Crippen molar-refractivity contribution in [1.82, 2.24) is 25.6 Å². The highest BCUT2D eigenvalue weighted by atomic mass is 32.2. The van der Waals surface area contributed by atoms with Gasteiger partial charge in [-0.1, -0.05) is 24.6 Å². The van der Waals surface area contributed by atoms with Crippen LogP contribution in [-0.4, -0.2) is 79.1 Å². The molecule has 0 spiro atoms. The van der Waals surface area contributed by atoms with Crippen LogP contribution in [0.5, 0.6) is 0 Å². The molecular weight excluding hydrogens is 488 g/mol. The zero-order chi connectivity index (χ0) is 26.9. The fraction of sp³-hybridized carbons (Fsp3) is 0.667. The molecule has 0 aromatic heterocycles. The number of unbranched alkanes of at least 4 members (excludes halogenated alkanes) is 2. The van der Waals surface area contributed by atoms with Crippen molar-refractivity contribution in [3.05, 3.63) is 46.6 Å². The van der Waals surface area contributed by atoms with Crippen molar-refractivity contribution in [3.8, 4) is 0 Å². The van der Waals surface area contributed by atoms with Gasteiger partial charge >= 0.3 is 0 Å². The summed E-state index contributed by atoms with van der Waals surface area (Å²) in [5.41, 5.74) is 7.55. The number of amides is 1. The van der Waals surface area contributed by atoms with Gasteiger partial charge in [-0.2, -0.15) is 0 Å². The number of allylic oxidation sites excluding steroid dienone is 7. The van der Waals surface area contributed by atoms with Crippen LogP contribution in [0, 0.1) is 5.92 Å². The average molecular weight is 537 g/mol. The van der Waals surface area contributed by atoms with Gasteiger partial charge in [0.15, 0.2) is 0 Å². The highest BCUT2D eigenvalue weighted by molar-refractivity contribution is 7.93. The van der Waals surface area contributed by atoms with E-state index in [1.54, 1.807) is 6.08 Å². The Bertz CT molecular complexity index is 924. The van der Waals surface area contributed by atoms with Gasteiger partial charge in [0, 0.05) is 45.2 Å². The van der Waals surface area contributed by atoms with E-state index in [1.165, 1.54) is 0 Å². The van der Waals surface area contributed by atoms with E-state index in [0.717, 1.165) is 76.1 Å². The number of hydrogen-bond acceptors (Lipinski definition) is 7. The Labute approximate surface area is 224 Å². The van der Waals surface area contributed by atoms with Crippen LogP contribution in [-0.2, 0) is 14.8 Å². The lowest BCUT2D eigenvalue weighted by Gasteiger charge is -2.30. The van der Waals surface area contributed by atoms with Crippen molar-refractivity contribution in [2.45, 2.75) is 51.4 Å². The molecule has 0 radical (unpaired) electrons. The minimum absolute atomic E-state index is 0.0604. The highest BCUT2D eigenvalue weighted by Crippen LogP contribution is 2.37. The molecule has 0 saturated carbocycles. The van der Waals surface area contributed by atoms with E-state index in [2.05, 4.69) is 26.7 Å². The largest absolute Gasteiger partial charge is 0.377 e. The Morgan fingerprint density at radius 3 is 2.35 bits per heavy atom. The molecule has 0 aromatic rings. The van der Waals surface area contributed by atoms with Crippen molar-refractivity contribution in [2.24, 2.45) is 11.7 Å². The summed E-state index contributed by atoms with van der Waals surface area (Å²) in [7, 11) is 0.386. The molecule has 2 aliphatic rings. The predicted molar refractivity (Wildman–Crippen MR) is 152 cm³/mol. The van der Waals surface area contributed by atoms with Crippen LogP contribution >= 0.6 is 0 Å². The molecule has 6 N–H and O–H groups in total. The van der Waals surface area contributed by atoms with Crippen LogP contribution in [0.1, 0.15) is 51.4 Å². The topological polar surface area (TPSA) is 129 Å². The van der Waals surface area contributed by atoms with Crippen LogP contribution in [0.3, 0.4) is 0 Å². The van der Waals surface area contributed by atoms with Crippen molar-refractivity contribution in [2.75, 3.05) is 59.9 Å². The number of sulfonamides is 1. The predicted octanol–water partition coefficient (Wildman–Crippen LogP) is 1.74. The quantitative estimate of drug-likeness (QED) is 0.150. The number of nitrogens with one attached hydrogen (secondary N) is 4. The first-order valence-corrected chi connectivity index (χ1v) is 15.2. The Morgan fingerprint density at radius 1 is 0.946 bits per heavy atom. The zero-order valence-corrected chi connectivity index (χ0v) is 23.5. The molecule has 2 aliphatic carbocycles. The summed E-state index contributed by atoms with van der Waals surface area (Å²) in [6.45, 7) is 5.60. The number of nitrogens with two attached hydrogens (primary N) is 1. The number of likely N-dealkylation sites (N-methyl/N-ethyl adjacent to an activating group) is 1. The molecule has 10 heteroatoms. The number of hydrogen-bond donors (Lipinski definition) is 5. The fourth-order valence-electron chi connectivity index (χ4n) is 4.46. The van der Waals surface area contributed by atoms with Gasteiger partial charge in [0.05, 0.1) is 4.91 Å². The van der Waals surface area contributed by atoms with E-state index in [4.69, 9.17) is 5.73 Å². The maximum atomic E-state index is 13.0. The van der Waals surface area contributed by atoms with Crippen molar-refractivity contribution in [1.29, 1.82) is 0 Å². The van der Waals surface area contributed by atoms with Gasteiger partial charge in [-0.05, 0) is 89.0 Å². The minimum atomic E-state index is -3.56. The Kier molecular flexibility index (Phi) is 14.8. The fourth-order valence-corrected chi connectivity index (χ4v) is 5.89. The van der Waals surface area contributed by atoms with E-state index in [1.807, 2.05) is 37.2 Å². The van der Waals surface area contributed by atoms with Gasteiger partial charge in [0.25, 0.3) is 0 Å². The van der Waals surface area contributed by atoms with Crippen LogP contribution in [0.2, 0.25) is 0 Å². The lowest BCUT2D eigenvalue weighted by molar-refractivity contribution is -0.121. The maximum Gasteiger partial charge on any atom is 0.237 e. The van der Waals surface area contributed by atoms with E-state index in [9.17, 15) is 13.2 Å². The van der Waals surface area contributed by atoms with E-state index < -0.39 is 10.0 Å². The van der Waals surface area contributed by atoms with Crippen LogP contribution in [0.4, 0.5) is 0 Å². The summed E-state index contributed by atoms with van der Waals surface area (Å²) < 4.78 is 28.7. The second kappa shape index (κ2) is 17.5. The van der Waals surface area contributed by atoms with Crippen LogP contribution in [0.15, 0.2) is 46.6 Å². The number of carbonyl (C=O) groups excluding carboxylic acids is 1. The SMILES string of the molecule is CN(C)C1=C2C=CC=C(S(=O)(=O)NCCCCCC(=O)NCCCNCCCNCCCN)C2CC=C1. The molecule has 0 saturated heterocycles. The number of nitrogens with zero attached hydrogens (tertiary/aromatic N) is 1. The van der Waals surface area contributed by atoms with Gasteiger partial charge < -0.3 is 26.6 Å². The van der Waals surface area contributed by atoms with Gasteiger partial charge in [0.1, 0.15) is 0 Å². The van der Waals surface area contributed by atoms with Gasteiger partial charge in [-0.3, -0.25) is 4.79 Å². The maximum absolute atomic E-state index is 13.0. The van der Waals surface area contributed by atoms with E-state index in [-0.39, 0.29) is 11.8 Å². The standard InChI is InChI=1S/C27H48N6O3S/c1-33(2)25-13-6-12-24-23(25)11-7-14-26(24)37(35,36)32-22-5-3-4-15-27(34)31-21-10-20-30-19-9-18-29-17-8-16-28/h6-7,11,13-14,24,29-30,32H,3-5,8-10,12,15-22,28H2,1-2H3,(H,31,34). The molecule has 9 nitrogen and oxygen atoms in total. The third-order valence-corrected chi connectivity index (χ3v) is 8.11. The summed E-state index contributed by atoms with van der Waals surface area (Å²) in [6, 6.07) is 0. The molecule has 0 fully saturated rings. The molecule has 1 atom stereocenters. The second-order valence-electron chi connectivity index (χ2n) is 9.76. The summed E-state index contributed by atoms with van der Waals surface area (Å²) in [5, 5.41) is 9.70. The van der Waals surface area contributed by atoms with Crippen LogP contribution in [0.25, 0.3) is 0 Å². The summed E-state index contributed by atoms with van der Waals surface area (Å²) in [6.07, 6.45) is 16.0. The van der Waals surface area contributed by atoms with Crippen molar-refractivity contribution < 1.29 is 13.2 Å². The number of fused-ring (bicyclic) bond motifs is 1. The van der Waals surface area contributed by atoms with E-state index >= 15 is 0 Å². The average Bonchev–Trinajstić information content (AvgIpc) is 2.88. The molecule has 1 amide bonds. The summed E-state index contributed by atoms with van der Waals surface area (Å²) in [5.74, 6) is -0.0857. The first-order valence-electron chi connectivity index (χ1n) is 13.7. The smallest absolute Gasteiger partial charge is 0.237 e. The van der Waals surface area contributed by atoms with Gasteiger partial charge in [0.2, 0.25) is 15.9 Å². The van der Waals surface area contributed by atoms with Crippen molar-refractivity contribution >= 4 is 15.9 Å². The Balaban J connectivity index is 1.53. The molecule has 1 unspecified atom stereocenters. The Hall–Kier alpha value is -1.98. The third-order valence-electron chi connectivity index (χ3n) is 6.48. The van der Waals surface area contributed by atoms with Crippen LogP contribution < -0.4 is 26.4 Å². The molecule has 37 heavy (non-hydrogen) atoms. The first-order chi connectivity index (χ1) is 17.9. The number of rotatable bonds is 20. The zero-order valence-electron chi connectivity index (χ0n) is 22.7. The minimum Gasteiger partial charge on any atom is -0.377 e. The lowest BCUT2D eigenvalue weighted by atomic mass is 9.86.